The molecule has 0 amide bonds. The van der Waals surface area contributed by atoms with Crippen LogP contribution in [0.1, 0.15) is 24.8 Å². The summed E-state index contributed by atoms with van der Waals surface area (Å²) in [6.07, 6.45) is 2.96. The van der Waals surface area contributed by atoms with Crippen LogP contribution in [-0.4, -0.2) is 25.3 Å². The molecule has 1 aromatic rings. The Kier molecular flexibility index (Phi) is 6.03. The molecule has 0 fully saturated rings. The van der Waals surface area contributed by atoms with E-state index in [4.69, 9.17) is 10.4 Å². The Bertz CT molecular complexity index is 401. The monoisotopic (exact) mass is 296 g/mol. The summed E-state index contributed by atoms with van der Waals surface area (Å²) in [6.45, 7) is 1.22. The normalized spacial score (nSPS) is 10.0. The molecule has 4 heteroatoms. The zero-order valence-electron chi connectivity index (χ0n) is 9.99. The molecule has 1 aromatic carbocycles. The second kappa shape index (κ2) is 7.31. The number of aliphatic hydroxyl groups excluding tert-OH is 1. The lowest BCUT2D eigenvalue weighted by Gasteiger charge is -2.20. The van der Waals surface area contributed by atoms with Crippen molar-refractivity contribution in [2.75, 3.05) is 25.1 Å². The SMILES string of the molecule is CN(CCCCCO)c1ccc(C#N)cc1Br. The summed E-state index contributed by atoms with van der Waals surface area (Å²) in [6, 6.07) is 7.73. The predicted octanol–water partition coefficient (Wildman–Crippen LogP) is 2.92. The third-order valence-electron chi connectivity index (χ3n) is 2.64. The van der Waals surface area contributed by atoms with Gasteiger partial charge in [0.15, 0.2) is 0 Å². The van der Waals surface area contributed by atoms with Crippen LogP contribution in [-0.2, 0) is 0 Å². The summed E-state index contributed by atoms with van der Waals surface area (Å²) in [4.78, 5) is 2.16. The third-order valence-corrected chi connectivity index (χ3v) is 3.27. The van der Waals surface area contributed by atoms with E-state index in [9.17, 15) is 0 Å². The van der Waals surface area contributed by atoms with Crippen molar-refractivity contribution in [1.82, 2.24) is 0 Å². The number of aliphatic hydroxyl groups is 1. The number of rotatable bonds is 6. The van der Waals surface area contributed by atoms with Gasteiger partial charge in [0.1, 0.15) is 0 Å². The number of anilines is 1. The predicted molar refractivity (Wildman–Crippen MR) is 73.1 cm³/mol. The van der Waals surface area contributed by atoms with Crippen molar-refractivity contribution < 1.29 is 5.11 Å². The third kappa shape index (κ3) is 4.37. The molecule has 0 saturated carbocycles. The van der Waals surface area contributed by atoms with Crippen molar-refractivity contribution in [1.29, 1.82) is 5.26 Å². The topological polar surface area (TPSA) is 47.3 Å². The first-order valence-corrected chi connectivity index (χ1v) is 6.50. The quantitative estimate of drug-likeness (QED) is 0.821. The number of nitriles is 1. The van der Waals surface area contributed by atoms with Gasteiger partial charge < -0.3 is 10.0 Å². The summed E-state index contributed by atoms with van der Waals surface area (Å²) in [5.74, 6) is 0. The first kappa shape index (κ1) is 14.0. The fourth-order valence-electron chi connectivity index (χ4n) is 1.64. The van der Waals surface area contributed by atoms with Gasteiger partial charge in [0.2, 0.25) is 0 Å². The molecule has 1 N–H and O–H groups in total. The molecule has 0 atom stereocenters. The second-order valence-electron chi connectivity index (χ2n) is 3.98. The van der Waals surface area contributed by atoms with E-state index in [1.807, 2.05) is 25.2 Å². The maximum absolute atomic E-state index is 8.78. The highest BCUT2D eigenvalue weighted by Crippen LogP contribution is 2.26. The fourth-order valence-corrected chi connectivity index (χ4v) is 2.33. The van der Waals surface area contributed by atoms with E-state index < -0.39 is 0 Å². The van der Waals surface area contributed by atoms with E-state index in [2.05, 4.69) is 26.9 Å². The minimum Gasteiger partial charge on any atom is -0.396 e. The average Bonchev–Trinajstić information content (AvgIpc) is 2.34. The van der Waals surface area contributed by atoms with Crippen LogP contribution in [0.5, 0.6) is 0 Å². The molecule has 0 unspecified atom stereocenters. The zero-order valence-corrected chi connectivity index (χ0v) is 11.6. The van der Waals surface area contributed by atoms with Gasteiger partial charge in [-0.1, -0.05) is 0 Å². The number of halogens is 1. The highest BCUT2D eigenvalue weighted by atomic mass is 79.9. The highest BCUT2D eigenvalue weighted by molar-refractivity contribution is 9.10. The number of unbranched alkanes of at least 4 members (excludes halogenated alkanes) is 2. The molecule has 3 nitrogen and oxygen atoms in total. The van der Waals surface area contributed by atoms with E-state index >= 15 is 0 Å². The van der Waals surface area contributed by atoms with Crippen molar-refractivity contribution >= 4 is 21.6 Å². The van der Waals surface area contributed by atoms with E-state index in [1.54, 1.807) is 0 Å². The van der Waals surface area contributed by atoms with Gasteiger partial charge in [0.25, 0.3) is 0 Å². The number of nitrogens with zero attached hydrogens (tertiary/aromatic N) is 2. The summed E-state index contributed by atoms with van der Waals surface area (Å²) < 4.78 is 0.946. The van der Waals surface area contributed by atoms with Crippen LogP contribution in [0.25, 0.3) is 0 Å². The Balaban J connectivity index is 2.57. The van der Waals surface area contributed by atoms with E-state index in [1.165, 1.54) is 0 Å². The van der Waals surface area contributed by atoms with Crippen molar-refractivity contribution in [3.63, 3.8) is 0 Å². The minimum absolute atomic E-state index is 0.268. The van der Waals surface area contributed by atoms with Crippen LogP contribution in [0.2, 0.25) is 0 Å². The van der Waals surface area contributed by atoms with Gasteiger partial charge in [-0.2, -0.15) is 5.26 Å². The molecule has 92 valence electrons. The van der Waals surface area contributed by atoms with Gasteiger partial charge >= 0.3 is 0 Å². The average molecular weight is 297 g/mol. The van der Waals surface area contributed by atoms with Gasteiger partial charge in [-0.3, -0.25) is 0 Å². The van der Waals surface area contributed by atoms with Crippen LogP contribution >= 0.6 is 15.9 Å². The number of hydrogen-bond acceptors (Lipinski definition) is 3. The van der Waals surface area contributed by atoms with Crippen LogP contribution < -0.4 is 4.90 Å². The molecule has 0 heterocycles. The van der Waals surface area contributed by atoms with Crippen LogP contribution in [0.15, 0.2) is 22.7 Å². The van der Waals surface area contributed by atoms with Crippen LogP contribution in [0, 0.1) is 11.3 Å². The summed E-state index contributed by atoms with van der Waals surface area (Å²) >= 11 is 3.48. The van der Waals surface area contributed by atoms with Gasteiger partial charge in [0, 0.05) is 24.7 Å². The van der Waals surface area contributed by atoms with Gasteiger partial charge in [-0.25, -0.2) is 0 Å². The van der Waals surface area contributed by atoms with E-state index in [0.717, 1.165) is 36.0 Å². The Morgan fingerprint density at radius 1 is 1.35 bits per heavy atom. The first-order chi connectivity index (χ1) is 8.19. The van der Waals surface area contributed by atoms with Gasteiger partial charge in [-0.15, -0.1) is 0 Å². The summed E-state index contributed by atoms with van der Waals surface area (Å²) in [5.41, 5.74) is 1.75. The van der Waals surface area contributed by atoms with Gasteiger partial charge in [0.05, 0.1) is 17.3 Å². The van der Waals surface area contributed by atoms with Gasteiger partial charge in [-0.05, 0) is 53.4 Å². The van der Waals surface area contributed by atoms with E-state index in [0.29, 0.717) is 5.56 Å². The molecular weight excluding hydrogens is 280 g/mol. The molecule has 0 bridgehead atoms. The van der Waals surface area contributed by atoms with Crippen molar-refractivity contribution in [2.24, 2.45) is 0 Å². The Hall–Kier alpha value is -1.05. The maximum Gasteiger partial charge on any atom is 0.0992 e. The molecule has 0 aliphatic heterocycles. The molecule has 0 aliphatic rings. The highest BCUT2D eigenvalue weighted by Gasteiger charge is 2.06. The summed E-state index contributed by atoms with van der Waals surface area (Å²) in [7, 11) is 2.03. The molecule has 1 rings (SSSR count). The smallest absolute Gasteiger partial charge is 0.0992 e. The fraction of sp³-hybridized carbons (Fsp3) is 0.462. The van der Waals surface area contributed by atoms with Crippen LogP contribution in [0.4, 0.5) is 5.69 Å². The molecule has 0 spiro atoms. The minimum atomic E-state index is 0.268. The molecule has 0 aromatic heterocycles. The van der Waals surface area contributed by atoms with E-state index in [-0.39, 0.29) is 6.61 Å². The largest absolute Gasteiger partial charge is 0.396 e. The van der Waals surface area contributed by atoms with Crippen LogP contribution in [0.3, 0.4) is 0 Å². The molecular formula is C13H17BrN2O. The second-order valence-corrected chi connectivity index (χ2v) is 4.84. The summed E-state index contributed by atoms with van der Waals surface area (Å²) in [5, 5.41) is 17.5. The Labute approximate surface area is 111 Å². The lowest BCUT2D eigenvalue weighted by molar-refractivity contribution is 0.283. The molecule has 0 saturated heterocycles. The molecule has 0 radical (unpaired) electrons. The van der Waals surface area contributed by atoms with Crippen molar-refractivity contribution in [3.8, 4) is 6.07 Å². The molecule has 17 heavy (non-hydrogen) atoms. The first-order valence-electron chi connectivity index (χ1n) is 5.70. The van der Waals surface area contributed by atoms with Crippen molar-refractivity contribution in [2.45, 2.75) is 19.3 Å². The maximum atomic E-state index is 8.78. The lowest BCUT2D eigenvalue weighted by atomic mass is 10.2. The Morgan fingerprint density at radius 3 is 2.71 bits per heavy atom. The molecule has 0 aliphatic carbocycles. The standard InChI is InChI=1S/C13H17BrN2O/c1-16(7-3-2-4-8-17)13-6-5-11(10-15)9-12(13)14/h5-6,9,17H,2-4,7-8H2,1H3. The number of hydrogen-bond donors (Lipinski definition) is 1. The lowest BCUT2D eigenvalue weighted by Crippen LogP contribution is -2.18. The zero-order chi connectivity index (χ0) is 12.7. The van der Waals surface area contributed by atoms with Crippen molar-refractivity contribution in [3.05, 3.63) is 28.2 Å². The Morgan fingerprint density at radius 2 is 2.12 bits per heavy atom. The number of benzene rings is 1.